The van der Waals surface area contributed by atoms with Gasteiger partial charge in [-0.25, -0.2) is 0 Å². The molecule has 6 nitrogen and oxygen atoms in total. The number of pyridine rings is 1. The van der Waals surface area contributed by atoms with Crippen LogP contribution in [0.4, 0.5) is 0 Å². The maximum Gasteiger partial charge on any atom is 0.246 e. The quantitative estimate of drug-likeness (QED) is 0.797. The van der Waals surface area contributed by atoms with Crippen LogP contribution in [-0.4, -0.2) is 34.8 Å². The molecular weight excluding hydrogens is 342 g/mol. The van der Waals surface area contributed by atoms with Gasteiger partial charge in [-0.15, -0.1) is 0 Å². The van der Waals surface area contributed by atoms with Gasteiger partial charge in [-0.05, 0) is 48.7 Å². The highest BCUT2D eigenvalue weighted by atomic mass is 16.5. The summed E-state index contributed by atoms with van der Waals surface area (Å²) in [7, 11) is 0. The zero-order valence-electron chi connectivity index (χ0n) is 15.1. The Kier molecular flexibility index (Phi) is 6.20. The van der Waals surface area contributed by atoms with E-state index in [0.29, 0.717) is 32.5 Å². The lowest BCUT2D eigenvalue weighted by molar-refractivity contribution is -0.130. The molecule has 0 unspecified atom stereocenters. The van der Waals surface area contributed by atoms with Crippen molar-refractivity contribution in [3.8, 4) is 5.75 Å². The molecule has 0 atom stereocenters. The van der Waals surface area contributed by atoms with E-state index in [4.69, 9.17) is 10.5 Å². The summed E-state index contributed by atoms with van der Waals surface area (Å²) >= 11 is 0. The third-order valence-corrected chi connectivity index (χ3v) is 4.62. The van der Waals surface area contributed by atoms with Crippen molar-refractivity contribution in [1.82, 2.24) is 9.88 Å². The maximum absolute atomic E-state index is 12.3. The van der Waals surface area contributed by atoms with E-state index >= 15 is 0 Å². The summed E-state index contributed by atoms with van der Waals surface area (Å²) in [6.45, 7) is 1.55. The molecule has 0 saturated carbocycles. The Morgan fingerprint density at radius 2 is 1.89 bits per heavy atom. The van der Waals surface area contributed by atoms with Crippen LogP contribution >= 0.6 is 0 Å². The number of primary amides is 1. The van der Waals surface area contributed by atoms with Gasteiger partial charge in [0.15, 0.2) is 0 Å². The van der Waals surface area contributed by atoms with E-state index in [0.717, 1.165) is 17.0 Å². The number of piperidine rings is 1. The molecule has 2 amide bonds. The Morgan fingerprint density at radius 3 is 2.52 bits per heavy atom. The molecule has 27 heavy (non-hydrogen) atoms. The minimum Gasteiger partial charge on any atom is -0.487 e. The van der Waals surface area contributed by atoms with Crippen molar-refractivity contribution in [2.75, 3.05) is 13.1 Å². The smallest absolute Gasteiger partial charge is 0.246 e. The lowest BCUT2D eigenvalue weighted by Gasteiger charge is -2.29. The van der Waals surface area contributed by atoms with Gasteiger partial charge < -0.3 is 15.4 Å². The topological polar surface area (TPSA) is 85.5 Å². The Hall–Kier alpha value is -3.15. The molecule has 1 fully saturated rings. The summed E-state index contributed by atoms with van der Waals surface area (Å²) in [5.41, 5.74) is 7.10. The van der Waals surface area contributed by atoms with E-state index < -0.39 is 0 Å². The van der Waals surface area contributed by atoms with Crippen molar-refractivity contribution < 1.29 is 14.3 Å². The van der Waals surface area contributed by atoms with Gasteiger partial charge in [0.05, 0.1) is 5.69 Å². The van der Waals surface area contributed by atoms with Crippen molar-refractivity contribution in [2.45, 2.75) is 19.4 Å². The molecule has 1 aliphatic rings. The number of benzene rings is 1. The normalized spacial score (nSPS) is 15.0. The molecule has 140 valence electrons. The first-order valence-electron chi connectivity index (χ1n) is 9.01. The molecule has 3 rings (SSSR count). The maximum atomic E-state index is 12.3. The van der Waals surface area contributed by atoms with Crippen LogP contribution in [0.5, 0.6) is 5.75 Å². The number of amides is 2. The summed E-state index contributed by atoms with van der Waals surface area (Å²) in [6, 6.07) is 13.2. The fourth-order valence-corrected chi connectivity index (χ4v) is 2.97. The van der Waals surface area contributed by atoms with Crippen LogP contribution in [0.3, 0.4) is 0 Å². The van der Waals surface area contributed by atoms with E-state index in [1.165, 1.54) is 0 Å². The Labute approximate surface area is 158 Å². The number of hydrogen-bond donors (Lipinski definition) is 1. The number of carbonyl (C=O) groups is 2. The fraction of sp³-hybridized carbons (Fsp3) is 0.286. The monoisotopic (exact) mass is 365 g/mol. The number of aromatic nitrogens is 1. The standard InChI is InChI=1S/C21H23N3O3/c22-21(26)17-10-13-24(14-11-17)20(25)9-6-16-4-7-19(8-5-16)27-15-18-3-1-2-12-23-18/h1-9,12,17H,10-11,13-15H2,(H2,22,26)/b9-6+. The lowest BCUT2D eigenvalue weighted by Crippen LogP contribution is -2.41. The van der Waals surface area contributed by atoms with Crippen molar-refractivity contribution in [3.05, 3.63) is 66.0 Å². The van der Waals surface area contributed by atoms with E-state index in [2.05, 4.69) is 4.98 Å². The van der Waals surface area contributed by atoms with E-state index in [-0.39, 0.29) is 17.7 Å². The van der Waals surface area contributed by atoms with Gasteiger partial charge in [0, 0.05) is 31.3 Å². The molecule has 1 saturated heterocycles. The summed E-state index contributed by atoms with van der Waals surface area (Å²) < 4.78 is 5.70. The molecule has 2 heterocycles. The summed E-state index contributed by atoms with van der Waals surface area (Å²) in [4.78, 5) is 29.4. The number of carbonyl (C=O) groups excluding carboxylic acids is 2. The van der Waals surface area contributed by atoms with Crippen molar-refractivity contribution in [1.29, 1.82) is 0 Å². The first-order chi connectivity index (χ1) is 13.1. The number of likely N-dealkylation sites (tertiary alicyclic amines) is 1. The van der Waals surface area contributed by atoms with Crippen molar-refractivity contribution >= 4 is 17.9 Å². The second kappa shape index (κ2) is 8.98. The van der Waals surface area contributed by atoms with Gasteiger partial charge >= 0.3 is 0 Å². The number of ether oxygens (including phenoxy) is 1. The minimum absolute atomic E-state index is 0.0478. The third kappa shape index (κ3) is 5.41. The van der Waals surface area contributed by atoms with Crippen LogP contribution in [0.1, 0.15) is 24.1 Å². The van der Waals surface area contributed by atoms with Gasteiger partial charge in [-0.1, -0.05) is 18.2 Å². The fourth-order valence-electron chi connectivity index (χ4n) is 2.97. The molecule has 1 aliphatic heterocycles. The Bertz CT molecular complexity index is 795. The van der Waals surface area contributed by atoms with Crippen LogP contribution in [-0.2, 0) is 16.2 Å². The molecule has 2 aromatic rings. The molecule has 6 heteroatoms. The summed E-state index contributed by atoms with van der Waals surface area (Å²) in [6.07, 6.45) is 6.35. The van der Waals surface area contributed by atoms with Crippen molar-refractivity contribution in [2.24, 2.45) is 11.7 Å². The number of hydrogen-bond acceptors (Lipinski definition) is 4. The average Bonchev–Trinajstić information content (AvgIpc) is 2.72. The molecule has 2 N–H and O–H groups in total. The second-order valence-corrected chi connectivity index (χ2v) is 6.51. The molecular formula is C21H23N3O3. The largest absolute Gasteiger partial charge is 0.487 e. The third-order valence-electron chi connectivity index (χ3n) is 4.62. The number of nitrogens with zero attached hydrogens (tertiary/aromatic N) is 2. The van der Waals surface area contributed by atoms with Crippen LogP contribution in [0.15, 0.2) is 54.7 Å². The zero-order valence-corrected chi connectivity index (χ0v) is 15.1. The Morgan fingerprint density at radius 1 is 1.15 bits per heavy atom. The van der Waals surface area contributed by atoms with Crippen LogP contribution in [0.25, 0.3) is 6.08 Å². The number of rotatable bonds is 6. The van der Waals surface area contributed by atoms with Gasteiger partial charge in [-0.2, -0.15) is 0 Å². The molecule has 0 spiro atoms. The van der Waals surface area contributed by atoms with E-state index in [1.54, 1.807) is 23.2 Å². The minimum atomic E-state index is -0.275. The highest BCUT2D eigenvalue weighted by molar-refractivity contribution is 5.92. The van der Waals surface area contributed by atoms with Gasteiger partial charge in [0.1, 0.15) is 12.4 Å². The average molecular weight is 365 g/mol. The zero-order chi connectivity index (χ0) is 19.1. The highest BCUT2D eigenvalue weighted by Gasteiger charge is 2.24. The van der Waals surface area contributed by atoms with Crippen LogP contribution in [0, 0.1) is 5.92 Å². The second-order valence-electron chi connectivity index (χ2n) is 6.51. The molecule has 0 radical (unpaired) electrons. The summed E-state index contributed by atoms with van der Waals surface area (Å²) in [5.74, 6) is 0.311. The van der Waals surface area contributed by atoms with Crippen LogP contribution in [0.2, 0.25) is 0 Å². The SMILES string of the molecule is NC(=O)C1CCN(C(=O)/C=C/c2ccc(OCc3ccccn3)cc2)CC1. The van der Waals surface area contributed by atoms with Crippen molar-refractivity contribution in [3.63, 3.8) is 0 Å². The van der Waals surface area contributed by atoms with Gasteiger partial charge in [-0.3, -0.25) is 14.6 Å². The van der Waals surface area contributed by atoms with Crippen LogP contribution < -0.4 is 10.5 Å². The highest BCUT2D eigenvalue weighted by Crippen LogP contribution is 2.18. The van der Waals surface area contributed by atoms with E-state index in [1.807, 2.05) is 42.5 Å². The predicted molar refractivity (Wildman–Crippen MR) is 103 cm³/mol. The summed E-state index contributed by atoms with van der Waals surface area (Å²) in [5, 5.41) is 0. The Balaban J connectivity index is 1.49. The number of nitrogens with two attached hydrogens (primary N) is 1. The first-order valence-corrected chi connectivity index (χ1v) is 9.01. The molecule has 1 aromatic heterocycles. The van der Waals surface area contributed by atoms with Gasteiger partial charge in [0.25, 0.3) is 0 Å². The first kappa shape index (κ1) is 18.6. The molecule has 0 aliphatic carbocycles. The predicted octanol–water partition coefficient (Wildman–Crippen LogP) is 2.40. The lowest BCUT2D eigenvalue weighted by atomic mass is 9.96. The van der Waals surface area contributed by atoms with E-state index in [9.17, 15) is 9.59 Å². The molecule has 1 aromatic carbocycles. The molecule has 0 bridgehead atoms. The van der Waals surface area contributed by atoms with Gasteiger partial charge in [0.2, 0.25) is 11.8 Å².